The molecule has 22 heavy (non-hydrogen) atoms. The van der Waals surface area contributed by atoms with Gasteiger partial charge in [-0.15, -0.1) is 0 Å². The minimum atomic E-state index is -0.565. The van der Waals surface area contributed by atoms with Gasteiger partial charge in [0.2, 0.25) is 0 Å². The molecule has 118 valence electrons. The van der Waals surface area contributed by atoms with Crippen LogP contribution in [-0.4, -0.2) is 47.8 Å². The van der Waals surface area contributed by atoms with Gasteiger partial charge in [0.25, 0.3) is 11.6 Å². The van der Waals surface area contributed by atoms with E-state index in [1.807, 2.05) is 0 Å². The molecule has 0 bridgehead atoms. The Morgan fingerprint density at radius 1 is 1.41 bits per heavy atom. The molecular formula is C13H14ClN3O5. The van der Waals surface area contributed by atoms with Crippen molar-refractivity contribution in [1.29, 1.82) is 0 Å². The Morgan fingerprint density at radius 2 is 2.09 bits per heavy atom. The highest BCUT2D eigenvalue weighted by Crippen LogP contribution is 2.33. The van der Waals surface area contributed by atoms with Crippen LogP contribution in [0.5, 0.6) is 0 Å². The zero-order valence-corrected chi connectivity index (χ0v) is 12.3. The Bertz CT molecular complexity index is 630. The highest BCUT2D eigenvalue weighted by molar-refractivity contribution is 6.33. The van der Waals surface area contributed by atoms with Crippen LogP contribution in [0.4, 0.5) is 5.69 Å². The standard InChI is InChI=1S/C13H14ClN3O5/c14-10-2-9-7(1-11(10)17(19)20)3-16(13(9)18)4-12-21-5-8(15)6-22-12/h1-2,8,12H,3-6,15H2/t8-,12+. The number of amides is 1. The van der Waals surface area contributed by atoms with Crippen molar-refractivity contribution in [2.24, 2.45) is 5.73 Å². The Morgan fingerprint density at radius 3 is 2.73 bits per heavy atom. The van der Waals surface area contributed by atoms with Crippen molar-refractivity contribution in [1.82, 2.24) is 4.90 Å². The lowest BCUT2D eigenvalue weighted by molar-refractivity contribution is -0.384. The van der Waals surface area contributed by atoms with E-state index in [1.54, 1.807) is 0 Å². The van der Waals surface area contributed by atoms with Gasteiger partial charge in [-0.2, -0.15) is 0 Å². The number of rotatable bonds is 3. The van der Waals surface area contributed by atoms with Crippen molar-refractivity contribution in [2.75, 3.05) is 19.8 Å². The fraction of sp³-hybridized carbons (Fsp3) is 0.462. The summed E-state index contributed by atoms with van der Waals surface area (Å²) in [5, 5.41) is 10.9. The highest BCUT2D eigenvalue weighted by atomic mass is 35.5. The zero-order chi connectivity index (χ0) is 15.9. The van der Waals surface area contributed by atoms with E-state index in [-0.39, 0.29) is 35.7 Å². The fourth-order valence-corrected chi connectivity index (χ4v) is 2.75. The molecule has 2 N–H and O–H groups in total. The van der Waals surface area contributed by atoms with Gasteiger partial charge in [0.15, 0.2) is 6.29 Å². The number of carbonyl (C=O) groups is 1. The summed E-state index contributed by atoms with van der Waals surface area (Å²) in [5.74, 6) is -0.242. The summed E-state index contributed by atoms with van der Waals surface area (Å²) >= 11 is 5.85. The number of halogens is 1. The van der Waals surface area contributed by atoms with E-state index in [0.29, 0.717) is 24.3 Å². The number of nitro benzene ring substituents is 1. The predicted octanol–water partition coefficient (Wildman–Crippen LogP) is 0.904. The molecule has 1 saturated heterocycles. The fourth-order valence-electron chi connectivity index (χ4n) is 2.51. The van der Waals surface area contributed by atoms with E-state index < -0.39 is 11.2 Å². The van der Waals surface area contributed by atoms with E-state index in [0.717, 1.165) is 0 Å². The van der Waals surface area contributed by atoms with Gasteiger partial charge in [-0.25, -0.2) is 0 Å². The number of fused-ring (bicyclic) bond motifs is 1. The molecule has 0 aromatic heterocycles. The molecule has 0 saturated carbocycles. The van der Waals surface area contributed by atoms with Crippen molar-refractivity contribution >= 4 is 23.2 Å². The molecule has 1 amide bonds. The second-order valence-electron chi connectivity index (χ2n) is 5.26. The number of hydrogen-bond acceptors (Lipinski definition) is 6. The SMILES string of the molecule is N[C@H]1CO[C@@H](CN2Cc3cc([N+](=O)[O-])c(Cl)cc3C2=O)OC1. The third-order valence-electron chi connectivity index (χ3n) is 3.61. The van der Waals surface area contributed by atoms with Gasteiger partial charge in [0, 0.05) is 18.2 Å². The van der Waals surface area contributed by atoms with Gasteiger partial charge >= 0.3 is 0 Å². The molecule has 0 atom stereocenters. The average molecular weight is 328 g/mol. The first-order valence-corrected chi connectivity index (χ1v) is 7.08. The maximum atomic E-state index is 12.3. The van der Waals surface area contributed by atoms with E-state index in [9.17, 15) is 14.9 Å². The second-order valence-corrected chi connectivity index (χ2v) is 5.67. The third-order valence-corrected chi connectivity index (χ3v) is 3.91. The lowest BCUT2D eigenvalue weighted by Crippen LogP contribution is -2.45. The summed E-state index contributed by atoms with van der Waals surface area (Å²) in [4.78, 5) is 24.2. The molecule has 2 aliphatic heterocycles. The molecule has 0 radical (unpaired) electrons. The summed E-state index contributed by atoms with van der Waals surface area (Å²) in [6.45, 7) is 1.25. The normalized spacial score (nSPS) is 24.5. The second kappa shape index (κ2) is 5.81. The van der Waals surface area contributed by atoms with E-state index in [4.69, 9.17) is 26.8 Å². The zero-order valence-electron chi connectivity index (χ0n) is 11.5. The first kappa shape index (κ1) is 15.2. The van der Waals surface area contributed by atoms with Crippen LogP contribution in [0.25, 0.3) is 0 Å². The van der Waals surface area contributed by atoms with Crippen LogP contribution < -0.4 is 5.73 Å². The molecule has 0 unspecified atom stereocenters. The number of carbonyl (C=O) groups excluding carboxylic acids is 1. The molecule has 8 nitrogen and oxygen atoms in total. The third kappa shape index (κ3) is 2.78. The van der Waals surface area contributed by atoms with E-state index in [2.05, 4.69) is 0 Å². The van der Waals surface area contributed by atoms with Crippen molar-refractivity contribution in [3.63, 3.8) is 0 Å². The van der Waals surface area contributed by atoms with Crippen molar-refractivity contribution in [3.05, 3.63) is 38.4 Å². The maximum absolute atomic E-state index is 12.3. The Balaban J connectivity index is 1.75. The van der Waals surface area contributed by atoms with Gasteiger partial charge in [-0.3, -0.25) is 14.9 Å². The predicted molar refractivity (Wildman–Crippen MR) is 76.5 cm³/mol. The minimum Gasteiger partial charge on any atom is -0.349 e. The first-order valence-electron chi connectivity index (χ1n) is 6.70. The maximum Gasteiger partial charge on any atom is 0.288 e. The highest BCUT2D eigenvalue weighted by Gasteiger charge is 2.33. The van der Waals surface area contributed by atoms with Gasteiger partial charge in [-0.1, -0.05) is 11.6 Å². The van der Waals surface area contributed by atoms with E-state index >= 15 is 0 Å². The number of nitrogens with two attached hydrogens (primary N) is 1. The largest absolute Gasteiger partial charge is 0.349 e. The molecule has 2 heterocycles. The molecule has 1 fully saturated rings. The van der Waals surface area contributed by atoms with Gasteiger partial charge in [0.05, 0.1) is 30.7 Å². The molecule has 1 aromatic carbocycles. The van der Waals surface area contributed by atoms with Crippen LogP contribution in [0.15, 0.2) is 12.1 Å². The molecular weight excluding hydrogens is 314 g/mol. The average Bonchev–Trinajstić information content (AvgIpc) is 2.77. The summed E-state index contributed by atoms with van der Waals surface area (Å²) in [7, 11) is 0. The number of benzene rings is 1. The molecule has 9 heteroatoms. The molecule has 1 aromatic rings. The number of ether oxygens (including phenoxy) is 2. The summed E-state index contributed by atoms with van der Waals surface area (Å²) < 4.78 is 10.8. The number of nitrogens with zero attached hydrogens (tertiary/aromatic N) is 2. The van der Waals surface area contributed by atoms with Crippen LogP contribution in [0.1, 0.15) is 15.9 Å². The van der Waals surface area contributed by atoms with Crippen LogP contribution in [-0.2, 0) is 16.0 Å². The van der Waals surface area contributed by atoms with Crippen LogP contribution in [0, 0.1) is 10.1 Å². The molecule has 0 aliphatic carbocycles. The van der Waals surface area contributed by atoms with Crippen molar-refractivity contribution in [3.8, 4) is 0 Å². The summed E-state index contributed by atoms with van der Waals surface area (Å²) in [6.07, 6.45) is -0.538. The van der Waals surface area contributed by atoms with Crippen molar-refractivity contribution < 1.29 is 19.2 Å². The lowest BCUT2D eigenvalue weighted by Gasteiger charge is -2.30. The van der Waals surface area contributed by atoms with Gasteiger partial charge in [0.1, 0.15) is 5.02 Å². The Hall–Kier alpha value is -1.74. The molecule has 2 aliphatic rings. The van der Waals surface area contributed by atoms with Crippen LogP contribution in [0.2, 0.25) is 5.02 Å². The number of hydrogen-bond donors (Lipinski definition) is 1. The number of nitro groups is 1. The monoisotopic (exact) mass is 327 g/mol. The summed E-state index contributed by atoms with van der Waals surface area (Å²) in [5.41, 5.74) is 6.41. The van der Waals surface area contributed by atoms with Gasteiger partial charge < -0.3 is 20.1 Å². The van der Waals surface area contributed by atoms with Crippen molar-refractivity contribution in [2.45, 2.75) is 18.9 Å². The van der Waals surface area contributed by atoms with Gasteiger partial charge in [-0.05, 0) is 11.6 Å². The molecule has 3 rings (SSSR count). The smallest absolute Gasteiger partial charge is 0.288 e. The van der Waals surface area contributed by atoms with Crippen LogP contribution in [0.3, 0.4) is 0 Å². The Kier molecular flexibility index (Phi) is 4.00. The quantitative estimate of drug-likeness (QED) is 0.653. The minimum absolute atomic E-state index is 0.0462. The lowest BCUT2D eigenvalue weighted by atomic mass is 10.1. The topological polar surface area (TPSA) is 108 Å². The first-order chi connectivity index (χ1) is 10.5. The van der Waals surface area contributed by atoms with Crippen LogP contribution >= 0.6 is 11.6 Å². The van der Waals surface area contributed by atoms with E-state index in [1.165, 1.54) is 17.0 Å². The Labute approximate surface area is 130 Å². The molecule has 0 spiro atoms. The summed E-state index contributed by atoms with van der Waals surface area (Å²) in [6, 6.07) is 2.52.